The molecule has 16 heavy (non-hydrogen) atoms. The predicted molar refractivity (Wildman–Crippen MR) is 67.4 cm³/mol. The monoisotopic (exact) mass is 289 g/mol. The number of rotatable bonds is 6. The van der Waals surface area contributed by atoms with E-state index in [0.29, 0.717) is 10.2 Å². The molecule has 0 fully saturated rings. The fraction of sp³-hybridized carbons (Fsp3) is 0.500. The van der Waals surface area contributed by atoms with E-state index in [4.69, 9.17) is 4.74 Å². The topological polar surface area (TPSA) is 21.3 Å². The summed E-state index contributed by atoms with van der Waals surface area (Å²) < 4.78 is 19.2. The predicted octanol–water partition coefficient (Wildman–Crippen LogP) is 3.36. The number of hydrogen-bond acceptors (Lipinski definition) is 2. The van der Waals surface area contributed by atoms with Gasteiger partial charge in [0.25, 0.3) is 0 Å². The summed E-state index contributed by atoms with van der Waals surface area (Å²) in [5, 5.41) is 3.25. The molecule has 1 aromatic rings. The Labute approximate surface area is 104 Å². The van der Waals surface area contributed by atoms with Crippen LogP contribution in [0, 0.1) is 5.82 Å². The molecule has 0 bridgehead atoms. The Morgan fingerprint density at radius 1 is 1.50 bits per heavy atom. The Morgan fingerprint density at radius 3 is 2.88 bits per heavy atom. The SMILES string of the molecule is CCCNCC(C)Oc1ccc(Br)c(F)c1. The first-order chi connectivity index (χ1) is 7.63. The van der Waals surface area contributed by atoms with Crippen LogP contribution in [0.1, 0.15) is 20.3 Å². The zero-order chi connectivity index (χ0) is 12.0. The highest BCUT2D eigenvalue weighted by molar-refractivity contribution is 9.10. The van der Waals surface area contributed by atoms with Crippen LogP contribution in [0.4, 0.5) is 4.39 Å². The Morgan fingerprint density at radius 2 is 2.25 bits per heavy atom. The van der Waals surface area contributed by atoms with Crippen molar-refractivity contribution in [3.63, 3.8) is 0 Å². The normalized spacial score (nSPS) is 12.5. The minimum Gasteiger partial charge on any atom is -0.489 e. The molecule has 1 atom stereocenters. The molecule has 1 rings (SSSR count). The van der Waals surface area contributed by atoms with Crippen LogP contribution in [0.3, 0.4) is 0 Å². The van der Waals surface area contributed by atoms with E-state index in [9.17, 15) is 4.39 Å². The fourth-order valence-electron chi connectivity index (χ4n) is 1.31. The van der Waals surface area contributed by atoms with Gasteiger partial charge < -0.3 is 10.1 Å². The molecule has 0 amide bonds. The molecule has 0 aliphatic rings. The molecule has 1 N–H and O–H groups in total. The first kappa shape index (κ1) is 13.5. The molecule has 0 radical (unpaired) electrons. The van der Waals surface area contributed by atoms with E-state index in [1.54, 1.807) is 12.1 Å². The van der Waals surface area contributed by atoms with Gasteiger partial charge in [0, 0.05) is 12.6 Å². The quantitative estimate of drug-likeness (QED) is 0.811. The first-order valence-corrected chi connectivity index (χ1v) is 6.25. The molecule has 1 unspecified atom stereocenters. The molecular formula is C12H17BrFNO. The Hall–Kier alpha value is -0.610. The van der Waals surface area contributed by atoms with Crippen LogP contribution in [-0.2, 0) is 0 Å². The number of ether oxygens (including phenoxy) is 1. The van der Waals surface area contributed by atoms with Crippen molar-refractivity contribution in [3.8, 4) is 5.75 Å². The highest BCUT2D eigenvalue weighted by Gasteiger charge is 2.05. The summed E-state index contributed by atoms with van der Waals surface area (Å²) in [6.07, 6.45) is 1.13. The Kier molecular flexibility index (Phi) is 5.77. The summed E-state index contributed by atoms with van der Waals surface area (Å²) in [4.78, 5) is 0. The van der Waals surface area contributed by atoms with Crippen molar-refractivity contribution in [2.24, 2.45) is 0 Å². The van der Waals surface area contributed by atoms with Gasteiger partial charge in [-0.25, -0.2) is 4.39 Å². The van der Waals surface area contributed by atoms with Gasteiger partial charge in [-0.1, -0.05) is 6.92 Å². The zero-order valence-electron chi connectivity index (χ0n) is 9.59. The zero-order valence-corrected chi connectivity index (χ0v) is 11.2. The maximum Gasteiger partial charge on any atom is 0.141 e. The van der Waals surface area contributed by atoms with E-state index < -0.39 is 0 Å². The van der Waals surface area contributed by atoms with Crippen LogP contribution < -0.4 is 10.1 Å². The summed E-state index contributed by atoms with van der Waals surface area (Å²) in [7, 11) is 0. The van der Waals surface area contributed by atoms with E-state index in [2.05, 4.69) is 28.2 Å². The lowest BCUT2D eigenvalue weighted by atomic mass is 10.3. The maximum absolute atomic E-state index is 13.2. The van der Waals surface area contributed by atoms with Gasteiger partial charge in [-0.05, 0) is 48.0 Å². The van der Waals surface area contributed by atoms with Gasteiger partial charge >= 0.3 is 0 Å². The van der Waals surface area contributed by atoms with E-state index in [1.165, 1.54) is 6.07 Å². The average Bonchev–Trinajstić information content (AvgIpc) is 2.24. The lowest BCUT2D eigenvalue weighted by Crippen LogP contribution is -2.29. The fourth-order valence-corrected chi connectivity index (χ4v) is 1.55. The molecule has 4 heteroatoms. The third kappa shape index (κ3) is 4.49. The second-order valence-corrected chi connectivity index (χ2v) is 4.56. The van der Waals surface area contributed by atoms with E-state index >= 15 is 0 Å². The van der Waals surface area contributed by atoms with Gasteiger partial charge in [-0.15, -0.1) is 0 Å². The number of nitrogens with one attached hydrogen (secondary N) is 1. The van der Waals surface area contributed by atoms with Crippen molar-refractivity contribution in [2.75, 3.05) is 13.1 Å². The molecule has 2 nitrogen and oxygen atoms in total. The van der Waals surface area contributed by atoms with Crippen molar-refractivity contribution in [2.45, 2.75) is 26.4 Å². The van der Waals surface area contributed by atoms with Gasteiger partial charge in [-0.3, -0.25) is 0 Å². The summed E-state index contributed by atoms with van der Waals surface area (Å²) >= 11 is 3.10. The molecule has 0 heterocycles. The van der Waals surface area contributed by atoms with Crippen molar-refractivity contribution in [1.29, 1.82) is 0 Å². The van der Waals surface area contributed by atoms with Crippen LogP contribution in [-0.4, -0.2) is 19.2 Å². The summed E-state index contributed by atoms with van der Waals surface area (Å²) in [6, 6.07) is 4.79. The Bertz CT molecular complexity index is 333. The molecule has 0 aliphatic heterocycles. The molecule has 0 aliphatic carbocycles. The number of benzene rings is 1. The lowest BCUT2D eigenvalue weighted by molar-refractivity contribution is 0.216. The summed E-state index contributed by atoms with van der Waals surface area (Å²) in [6.45, 7) is 5.82. The van der Waals surface area contributed by atoms with Crippen molar-refractivity contribution >= 4 is 15.9 Å². The van der Waals surface area contributed by atoms with Crippen LogP contribution >= 0.6 is 15.9 Å². The minimum atomic E-state index is -0.300. The highest BCUT2D eigenvalue weighted by atomic mass is 79.9. The first-order valence-electron chi connectivity index (χ1n) is 5.46. The highest BCUT2D eigenvalue weighted by Crippen LogP contribution is 2.21. The maximum atomic E-state index is 13.2. The molecule has 0 saturated carbocycles. The van der Waals surface area contributed by atoms with Crippen molar-refractivity contribution < 1.29 is 9.13 Å². The second kappa shape index (κ2) is 6.86. The van der Waals surface area contributed by atoms with Crippen LogP contribution in [0.5, 0.6) is 5.75 Å². The summed E-state index contributed by atoms with van der Waals surface area (Å²) in [5.41, 5.74) is 0. The third-order valence-electron chi connectivity index (χ3n) is 2.09. The standard InChI is InChI=1S/C12H17BrFNO/c1-3-6-15-8-9(2)16-10-4-5-11(13)12(14)7-10/h4-5,7,9,15H,3,6,8H2,1-2H3. The van der Waals surface area contributed by atoms with Crippen molar-refractivity contribution in [1.82, 2.24) is 5.32 Å². The number of hydrogen-bond donors (Lipinski definition) is 1. The van der Waals surface area contributed by atoms with Crippen molar-refractivity contribution in [3.05, 3.63) is 28.5 Å². The average molecular weight is 290 g/mol. The van der Waals surface area contributed by atoms with Gasteiger partial charge in [0.05, 0.1) is 4.47 Å². The van der Waals surface area contributed by atoms with Gasteiger partial charge in [-0.2, -0.15) is 0 Å². The largest absolute Gasteiger partial charge is 0.489 e. The molecular weight excluding hydrogens is 273 g/mol. The van der Waals surface area contributed by atoms with Crippen LogP contribution in [0.2, 0.25) is 0 Å². The molecule has 90 valence electrons. The second-order valence-electron chi connectivity index (χ2n) is 3.71. The molecule has 0 saturated heterocycles. The lowest BCUT2D eigenvalue weighted by Gasteiger charge is -2.15. The smallest absolute Gasteiger partial charge is 0.141 e. The minimum absolute atomic E-state index is 0.0344. The van der Waals surface area contributed by atoms with Gasteiger partial charge in [0.1, 0.15) is 17.7 Å². The molecule has 0 spiro atoms. The van der Waals surface area contributed by atoms with Gasteiger partial charge in [0.15, 0.2) is 0 Å². The Balaban J connectivity index is 2.43. The van der Waals surface area contributed by atoms with E-state index in [1.807, 2.05) is 6.92 Å². The molecule has 0 aromatic heterocycles. The third-order valence-corrected chi connectivity index (χ3v) is 2.73. The van der Waals surface area contributed by atoms with Gasteiger partial charge in [0.2, 0.25) is 0 Å². The van der Waals surface area contributed by atoms with E-state index in [0.717, 1.165) is 19.5 Å². The molecule has 1 aromatic carbocycles. The van der Waals surface area contributed by atoms with E-state index in [-0.39, 0.29) is 11.9 Å². The number of halogens is 2. The summed E-state index contributed by atoms with van der Waals surface area (Å²) in [5.74, 6) is 0.262. The van der Waals surface area contributed by atoms with Crippen LogP contribution in [0.15, 0.2) is 22.7 Å². The van der Waals surface area contributed by atoms with Crippen LogP contribution in [0.25, 0.3) is 0 Å².